The van der Waals surface area contributed by atoms with Crippen molar-refractivity contribution in [2.45, 2.75) is 32.2 Å². The van der Waals surface area contributed by atoms with E-state index in [0.29, 0.717) is 18.5 Å². The van der Waals surface area contributed by atoms with E-state index < -0.39 is 9.84 Å². The average Bonchev–Trinajstić information content (AvgIpc) is 2.76. The van der Waals surface area contributed by atoms with E-state index in [2.05, 4.69) is 0 Å². The Labute approximate surface area is 124 Å². The van der Waals surface area contributed by atoms with Gasteiger partial charge in [0.25, 0.3) is 0 Å². The lowest BCUT2D eigenvalue weighted by Gasteiger charge is -2.28. The number of benzene rings is 1. The molecule has 0 aromatic heterocycles. The molecule has 0 saturated carbocycles. The van der Waals surface area contributed by atoms with E-state index in [4.69, 9.17) is 0 Å². The summed E-state index contributed by atoms with van der Waals surface area (Å²) < 4.78 is 36.3. The highest BCUT2D eigenvalue weighted by Gasteiger charge is 2.34. The molecule has 0 aliphatic carbocycles. The molecule has 4 nitrogen and oxygen atoms in total. The number of nitrogens with zero attached hydrogens (tertiary/aromatic N) is 1. The summed E-state index contributed by atoms with van der Waals surface area (Å²) in [5, 5.41) is 0. The summed E-state index contributed by atoms with van der Waals surface area (Å²) >= 11 is 0. The second-order valence-corrected chi connectivity index (χ2v) is 7.68. The molecule has 0 bridgehead atoms. The second-order valence-electron chi connectivity index (χ2n) is 5.45. The van der Waals surface area contributed by atoms with Gasteiger partial charge in [0.15, 0.2) is 9.84 Å². The van der Waals surface area contributed by atoms with Crippen molar-refractivity contribution < 1.29 is 17.6 Å². The zero-order valence-corrected chi connectivity index (χ0v) is 12.9. The lowest BCUT2D eigenvalue weighted by molar-refractivity contribution is -0.132. The van der Waals surface area contributed by atoms with Crippen molar-refractivity contribution in [3.63, 3.8) is 0 Å². The van der Waals surface area contributed by atoms with Crippen LogP contribution in [0.1, 0.15) is 25.3 Å². The number of amides is 1. The topological polar surface area (TPSA) is 54.5 Å². The Morgan fingerprint density at radius 2 is 2.19 bits per heavy atom. The molecule has 21 heavy (non-hydrogen) atoms. The molecular weight excluding hydrogens is 293 g/mol. The maximum absolute atomic E-state index is 13.2. The Kier molecular flexibility index (Phi) is 4.98. The summed E-state index contributed by atoms with van der Waals surface area (Å²) in [5.41, 5.74) is 0.613. The van der Waals surface area contributed by atoms with Gasteiger partial charge in [-0.25, -0.2) is 12.8 Å². The lowest BCUT2D eigenvalue weighted by atomic mass is 10.1. The predicted octanol–water partition coefficient (Wildman–Crippen LogP) is 1.79. The fourth-order valence-electron chi connectivity index (χ4n) is 2.70. The number of hydrogen-bond acceptors (Lipinski definition) is 3. The van der Waals surface area contributed by atoms with Crippen LogP contribution in [-0.4, -0.2) is 43.3 Å². The van der Waals surface area contributed by atoms with Crippen LogP contribution in [0.25, 0.3) is 0 Å². The highest BCUT2D eigenvalue weighted by molar-refractivity contribution is 7.91. The first kappa shape index (κ1) is 15.9. The molecule has 1 amide bonds. The minimum atomic E-state index is -3.03. The number of carbonyl (C=O) groups excluding carboxylic acids is 1. The number of hydrogen-bond donors (Lipinski definition) is 0. The van der Waals surface area contributed by atoms with Gasteiger partial charge in [0.1, 0.15) is 5.82 Å². The molecule has 6 heteroatoms. The maximum Gasteiger partial charge on any atom is 0.227 e. The van der Waals surface area contributed by atoms with Crippen LogP contribution in [0.15, 0.2) is 24.3 Å². The van der Waals surface area contributed by atoms with Gasteiger partial charge >= 0.3 is 0 Å². The standard InChI is InChI=1S/C15H20FNO3S/c1-2-7-17(14-6-8-21(19,20)11-14)15(18)10-12-4-3-5-13(16)9-12/h3-5,9,14H,2,6-8,10-11H2,1H3. The first-order valence-electron chi connectivity index (χ1n) is 7.15. The largest absolute Gasteiger partial charge is 0.338 e. The summed E-state index contributed by atoms with van der Waals surface area (Å²) in [7, 11) is -3.03. The fourth-order valence-corrected chi connectivity index (χ4v) is 4.43. The minimum Gasteiger partial charge on any atom is -0.338 e. The van der Waals surface area contributed by atoms with E-state index >= 15 is 0 Å². The van der Waals surface area contributed by atoms with Crippen molar-refractivity contribution in [2.75, 3.05) is 18.1 Å². The highest BCUT2D eigenvalue weighted by Crippen LogP contribution is 2.19. The molecule has 1 aromatic rings. The highest BCUT2D eigenvalue weighted by atomic mass is 32.2. The Balaban J connectivity index is 2.09. The van der Waals surface area contributed by atoms with Crippen LogP contribution in [0.2, 0.25) is 0 Å². The molecule has 1 unspecified atom stereocenters. The molecule has 0 spiro atoms. The number of sulfone groups is 1. The second kappa shape index (κ2) is 6.56. The molecule has 0 radical (unpaired) electrons. The molecule has 1 heterocycles. The minimum absolute atomic E-state index is 0.0435. The first-order chi connectivity index (χ1) is 9.91. The van der Waals surface area contributed by atoms with Gasteiger partial charge in [-0.3, -0.25) is 4.79 Å². The van der Waals surface area contributed by atoms with Crippen molar-refractivity contribution in [3.05, 3.63) is 35.6 Å². The Morgan fingerprint density at radius 3 is 2.76 bits per heavy atom. The SMILES string of the molecule is CCCN(C(=O)Cc1cccc(F)c1)C1CCS(=O)(=O)C1. The number of carbonyl (C=O) groups is 1. The number of halogens is 1. The average molecular weight is 313 g/mol. The third-order valence-electron chi connectivity index (χ3n) is 3.68. The summed E-state index contributed by atoms with van der Waals surface area (Å²) in [6.07, 6.45) is 1.37. The molecule has 1 aromatic carbocycles. The van der Waals surface area contributed by atoms with Crippen LogP contribution < -0.4 is 0 Å². The van der Waals surface area contributed by atoms with E-state index in [9.17, 15) is 17.6 Å². The Bertz CT molecular complexity index is 615. The van der Waals surface area contributed by atoms with E-state index in [1.807, 2.05) is 6.92 Å². The van der Waals surface area contributed by atoms with E-state index in [-0.39, 0.29) is 35.7 Å². The quantitative estimate of drug-likeness (QED) is 0.833. The van der Waals surface area contributed by atoms with Gasteiger partial charge in [-0.2, -0.15) is 0 Å². The van der Waals surface area contributed by atoms with Gasteiger partial charge in [-0.1, -0.05) is 19.1 Å². The van der Waals surface area contributed by atoms with Gasteiger partial charge in [-0.05, 0) is 30.5 Å². The zero-order chi connectivity index (χ0) is 15.5. The van der Waals surface area contributed by atoms with E-state index in [1.54, 1.807) is 17.0 Å². The smallest absolute Gasteiger partial charge is 0.227 e. The third-order valence-corrected chi connectivity index (χ3v) is 5.43. The monoisotopic (exact) mass is 313 g/mol. The van der Waals surface area contributed by atoms with Crippen molar-refractivity contribution in [2.24, 2.45) is 0 Å². The normalized spacial score (nSPS) is 20.4. The van der Waals surface area contributed by atoms with Gasteiger partial charge in [0.2, 0.25) is 5.91 Å². The van der Waals surface area contributed by atoms with Crippen LogP contribution in [0.5, 0.6) is 0 Å². The van der Waals surface area contributed by atoms with Crippen LogP contribution in [0, 0.1) is 5.82 Å². The lowest BCUT2D eigenvalue weighted by Crippen LogP contribution is -2.42. The fraction of sp³-hybridized carbons (Fsp3) is 0.533. The van der Waals surface area contributed by atoms with Crippen molar-refractivity contribution in [1.82, 2.24) is 4.90 Å². The molecular formula is C15H20FNO3S. The summed E-state index contributed by atoms with van der Waals surface area (Å²) in [6, 6.07) is 5.71. The summed E-state index contributed by atoms with van der Waals surface area (Å²) in [6.45, 7) is 2.49. The molecule has 1 aliphatic heterocycles. The van der Waals surface area contributed by atoms with E-state index in [1.165, 1.54) is 12.1 Å². The molecule has 1 saturated heterocycles. The zero-order valence-electron chi connectivity index (χ0n) is 12.1. The molecule has 0 N–H and O–H groups in total. The third kappa shape index (κ3) is 4.27. The molecule has 116 valence electrons. The van der Waals surface area contributed by atoms with Gasteiger partial charge < -0.3 is 4.90 Å². The van der Waals surface area contributed by atoms with Crippen LogP contribution in [0.4, 0.5) is 4.39 Å². The Hall–Kier alpha value is -1.43. The van der Waals surface area contributed by atoms with E-state index in [0.717, 1.165) is 6.42 Å². The van der Waals surface area contributed by atoms with Crippen LogP contribution >= 0.6 is 0 Å². The van der Waals surface area contributed by atoms with Crippen molar-refractivity contribution >= 4 is 15.7 Å². The Morgan fingerprint density at radius 1 is 1.43 bits per heavy atom. The molecule has 1 atom stereocenters. The first-order valence-corrected chi connectivity index (χ1v) is 8.98. The summed E-state index contributed by atoms with van der Waals surface area (Å²) in [5.74, 6) is -0.317. The summed E-state index contributed by atoms with van der Waals surface area (Å²) in [4.78, 5) is 14.1. The van der Waals surface area contributed by atoms with Crippen molar-refractivity contribution in [1.29, 1.82) is 0 Å². The predicted molar refractivity (Wildman–Crippen MR) is 79.2 cm³/mol. The van der Waals surface area contributed by atoms with Crippen molar-refractivity contribution in [3.8, 4) is 0 Å². The van der Waals surface area contributed by atoms with Gasteiger partial charge in [0, 0.05) is 12.6 Å². The van der Waals surface area contributed by atoms with Crippen LogP contribution in [0.3, 0.4) is 0 Å². The number of rotatable bonds is 5. The maximum atomic E-state index is 13.2. The van der Waals surface area contributed by atoms with Gasteiger partial charge in [-0.15, -0.1) is 0 Å². The molecule has 1 fully saturated rings. The van der Waals surface area contributed by atoms with Gasteiger partial charge in [0.05, 0.1) is 17.9 Å². The molecule has 2 rings (SSSR count). The van der Waals surface area contributed by atoms with Crippen LogP contribution in [-0.2, 0) is 21.1 Å². The molecule has 1 aliphatic rings.